The number of aromatic amines is 3. The standard InChI is InChI=1S/C33H34N6/c1-3-5-13-20-33(29-21-23-14-9-11-18-27(23)35-29,30-22-24-15-10-12-19-28(24)36-30)31-26(4-2)37-39-38-32(31)34-25-16-7-6-8-17-25/h6-12,14-19,21-22,35-36H,3-5,13,20H2,1-2H3,(H,34,37,38). The fourth-order valence-electron chi connectivity index (χ4n) is 5.84. The summed E-state index contributed by atoms with van der Waals surface area (Å²) in [4.78, 5) is 12.8. The normalized spacial score (nSPS) is 12.5. The first-order chi connectivity index (χ1) is 19.2. The topological polar surface area (TPSA) is 85.5 Å². The lowest BCUT2D eigenvalue weighted by molar-refractivity contribution is 0.480. The van der Waals surface area contributed by atoms with Crippen LogP contribution in [0.2, 0.25) is 0 Å². The highest BCUT2D eigenvalue weighted by molar-refractivity contribution is 5.83. The number of unbranched alkanes of at least 4 members (excludes halogenated alkanes) is 2. The number of para-hydroxylation sites is 3. The number of aromatic nitrogens is 5. The lowest BCUT2D eigenvalue weighted by atomic mass is 9.70. The molecule has 6 nitrogen and oxygen atoms in total. The van der Waals surface area contributed by atoms with Gasteiger partial charge in [-0.15, -0.1) is 5.10 Å². The molecule has 0 spiro atoms. The highest BCUT2D eigenvalue weighted by atomic mass is 15.3. The Morgan fingerprint density at radius 3 is 1.95 bits per heavy atom. The third-order valence-electron chi connectivity index (χ3n) is 7.75. The van der Waals surface area contributed by atoms with Crippen LogP contribution in [0.4, 0.5) is 5.69 Å². The van der Waals surface area contributed by atoms with Crippen LogP contribution in [0.1, 0.15) is 62.2 Å². The van der Waals surface area contributed by atoms with Crippen LogP contribution in [-0.4, -0.2) is 25.4 Å². The summed E-state index contributed by atoms with van der Waals surface area (Å²) in [7, 11) is 0. The Hall–Kier alpha value is -4.45. The van der Waals surface area contributed by atoms with E-state index in [0.29, 0.717) is 0 Å². The van der Waals surface area contributed by atoms with Crippen LogP contribution in [0.25, 0.3) is 21.8 Å². The molecule has 0 aliphatic heterocycles. The van der Waals surface area contributed by atoms with E-state index in [9.17, 15) is 0 Å². The predicted octanol–water partition coefficient (Wildman–Crippen LogP) is 7.48. The predicted molar refractivity (Wildman–Crippen MR) is 158 cm³/mol. The number of fused-ring (bicyclic) bond motifs is 2. The Bertz CT molecular complexity index is 1630. The number of hydrogen-bond acceptors (Lipinski definition) is 3. The molecule has 0 atom stereocenters. The van der Waals surface area contributed by atoms with Gasteiger partial charge in [0, 0.05) is 28.0 Å². The van der Waals surface area contributed by atoms with E-state index in [2.05, 4.69) is 99.9 Å². The molecule has 0 saturated carbocycles. The molecule has 6 aromatic rings. The van der Waals surface area contributed by atoms with Crippen molar-refractivity contribution < 1.29 is 0 Å². The van der Waals surface area contributed by atoms with Crippen LogP contribution in [0.15, 0.2) is 96.0 Å². The summed E-state index contributed by atoms with van der Waals surface area (Å²) >= 11 is 0. The van der Waals surface area contributed by atoms with Crippen molar-refractivity contribution in [1.29, 1.82) is 0 Å². The zero-order chi connectivity index (χ0) is 26.7. The molecule has 0 radical (unpaired) electrons. The summed E-state index contributed by atoms with van der Waals surface area (Å²) in [6.07, 6.45) is 4.96. The summed E-state index contributed by atoms with van der Waals surface area (Å²) in [5.74, 6) is 0. The largest absolute Gasteiger partial charge is 0.357 e. The lowest BCUT2D eigenvalue weighted by Crippen LogP contribution is -2.39. The van der Waals surface area contributed by atoms with E-state index >= 15 is 0 Å². The molecule has 0 fully saturated rings. The summed E-state index contributed by atoms with van der Waals surface area (Å²) in [6, 6.07) is 31.7. The van der Waals surface area contributed by atoms with Gasteiger partial charge in [0.15, 0.2) is 5.49 Å². The second-order valence-corrected chi connectivity index (χ2v) is 10.2. The van der Waals surface area contributed by atoms with Gasteiger partial charge in [-0.1, -0.05) is 92.9 Å². The second kappa shape index (κ2) is 10.7. The van der Waals surface area contributed by atoms with E-state index in [1.807, 2.05) is 30.3 Å². The van der Waals surface area contributed by atoms with E-state index < -0.39 is 5.41 Å². The molecular weight excluding hydrogens is 480 g/mol. The highest BCUT2D eigenvalue weighted by Gasteiger charge is 2.42. The van der Waals surface area contributed by atoms with Gasteiger partial charge in [-0.2, -0.15) is 0 Å². The molecular formula is C33H34N6. The van der Waals surface area contributed by atoms with Gasteiger partial charge in [-0.3, -0.25) is 0 Å². The highest BCUT2D eigenvalue weighted by Crippen LogP contribution is 2.44. The Morgan fingerprint density at radius 1 is 0.744 bits per heavy atom. The fraction of sp³-hybridized carbons (Fsp3) is 0.242. The number of benzene rings is 3. The quantitative estimate of drug-likeness (QED) is 0.175. The van der Waals surface area contributed by atoms with Crippen LogP contribution in [-0.2, 0) is 11.8 Å². The SMILES string of the molecule is CCCCCC(c1cc2ccccc2[nH]1)(c1cc2ccccc2[nH]1)c1c(CC)nn[nH]c1=Nc1ccccc1. The number of aryl methyl sites for hydroxylation is 1. The van der Waals surface area contributed by atoms with Gasteiger partial charge in [0.2, 0.25) is 0 Å². The van der Waals surface area contributed by atoms with Gasteiger partial charge < -0.3 is 9.97 Å². The minimum absolute atomic E-state index is 0.557. The van der Waals surface area contributed by atoms with Crippen molar-refractivity contribution in [3.05, 3.63) is 119 Å². The number of nitrogens with zero attached hydrogens (tertiary/aromatic N) is 3. The Kier molecular flexibility index (Phi) is 6.84. The molecule has 3 aromatic carbocycles. The molecule has 0 aliphatic rings. The van der Waals surface area contributed by atoms with E-state index in [4.69, 9.17) is 4.99 Å². The Morgan fingerprint density at radius 2 is 1.36 bits per heavy atom. The molecule has 0 unspecified atom stereocenters. The van der Waals surface area contributed by atoms with Gasteiger partial charge in [0.1, 0.15) is 0 Å². The fourth-order valence-corrected chi connectivity index (χ4v) is 5.84. The maximum atomic E-state index is 5.12. The van der Waals surface area contributed by atoms with E-state index in [0.717, 1.165) is 77.0 Å². The second-order valence-electron chi connectivity index (χ2n) is 10.2. The van der Waals surface area contributed by atoms with E-state index in [1.54, 1.807) is 0 Å². The van der Waals surface area contributed by atoms with Crippen LogP contribution in [0.3, 0.4) is 0 Å². The van der Waals surface area contributed by atoms with E-state index in [1.165, 1.54) is 10.8 Å². The Labute approximate surface area is 228 Å². The van der Waals surface area contributed by atoms with Gasteiger partial charge in [-0.05, 0) is 60.0 Å². The van der Waals surface area contributed by atoms with Crippen LogP contribution >= 0.6 is 0 Å². The van der Waals surface area contributed by atoms with Crippen molar-refractivity contribution in [1.82, 2.24) is 25.4 Å². The molecule has 3 N–H and O–H groups in total. The van der Waals surface area contributed by atoms with Crippen molar-refractivity contribution in [2.45, 2.75) is 51.4 Å². The zero-order valence-electron chi connectivity index (χ0n) is 22.5. The van der Waals surface area contributed by atoms with Crippen molar-refractivity contribution >= 4 is 27.5 Å². The molecule has 0 aliphatic carbocycles. The smallest absolute Gasteiger partial charge is 0.154 e. The maximum absolute atomic E-state index is 5.12. The van der Waals surface area contributed by atoms with Crippen molar-refractivity contribution in [3.8, 4) is 0 Å². The lowest BCUT2D eigenvalue weighted by Gasteiger charge is -2.34. The maximum Gasteiger partial charge on any atom is 0.154 e. The molecule has 6 rings (SSSR count). The van der Waals surface area contributed by atoms with Gasteiger partial charge in [0.05, 0.1) is 16.8 Å². The molecule has 0 amide bonds. The summed E-state index contributed by atoms with van der Waals surface area (Å²) in [6.45, 7) is 4.40. The van der Waals surface area contributed by atoms with Crippen molar-refractivity contribution in [2.24, 2.45) is 4.99 Å². The van der Waals surface area contributed by atoms with Crippen molar-refractivity contribution in [2.75, 3.05) is 0 Å². The number of nitrogens with one attached hydrogen (secondary N) is 3. The van der Waals surface area contributed by atoms with Gasteiger partial charge in [0.25, 0.3) is 0 Å². The number of hydrogen-bond donors (Lipinski definition) is 3. The molecule has 3 heterocycles. The molecule has 0 saturated heterocycles. The zero-order valence-corrected chi connectivity index (χ0v) is 22.5. The first-order valence-electron chi connectivity index (χ1n) is 13.9. The third-order valence-corrected chi connectivity index (χ3v) is 7.75. The third kappa shape index (κ3) is 4.56. The number of H-pyrrole nitrogens is 3. The summed E-state index contributed by atoms with van der Waals surface area (Å²) < 4.78 is 0. The van der Waals surface area contributed by atoms with Gasteiger partial charge >= 0.3 is 0 Å². The molecule has 3 aromatic heterocycles. The van der Waals surface area contributed by atoms with Crippen LogP contribution in [0, 0.1) is 0 Å². The van der Waals surface area contributed by atoms with Crippen LogP contribution in [0.5, 0.6) is 0 Å². The summed E-state index contributed by atoms with van der Waals surface area (Å²) in [5.41, 5.74) is 7.57. The molecule has 39 heavy (non-hydrogen) atoms. The minimum atomic E-state index is -0.557. The summed E-state index contributed by atoms with van der Waals surface area (Å²) in [5, 5.41) is 14.6. The molecule has 0 bridgehead atoms. The average Bonchev–Trinajstić information content (AvgIpc) is 3.61. The molecule has 6 heteroatoms. The van der Waals surface area contributed by atoms with Crippen molar-refractivity contribution in [3.63, 3.8) is 0 Å². The molecule has 196 valence electrons. The number of rotatable bonds is 9. The minimum Gasteiger partial charge on any atom is -0.357 e. The average molecular weight is 515 g/mol. The van der Waals surface area contributed by atoms with Gasteiger partial charge in [-0.25, -0.2) is 10.1 Å². The van der Waals surface area contributed by atoms with E-state index in [-0.39, 0.29) is 0 Å². The Balaban J connectivity index is 1.74. The van der Waals surface area contributed by atoms with Crippen LogP contribution < -0.4 is 5.49 Å². The first kappa shape index (κ1) is 24.9. The first-order valence-corrected chi connectivity index (χ1v) is 13.9. The monoisotopic (exact) mass is 514 g/mol.